The Balaban J connectivity index is 1.88. The number of carbonyl (C=O) groups is 1. The topological polar surface area (TPSA) is 58.1 Å². The van der Waals surface area contributed by atoms with Crippen LogP contribution < -0.4 is 5.32 Å². The maximum atomic E-state index is 11.2. The molecule has 0 saturated carbocycles. The van der Waals surface area contributed by atoms with Gasteiger partial charge in [0.1, 0.15) is 0 Å². The minimum atomic E-state index is 0.0304. The molecule has 2 aromatic rings. The predicted molar refractivity (Wildman–Crippen MR) is 107 cm³/mol. The normalized spacial score (nSPS) is 20.4. The zero-order valence-electron chi connectivity index (χ0n) is 16.6. The van der Waals surface area contributed by atoms with E-state index in [9.17, 15) is 4.79 Å². The second kappa shape index (κ2) is 9.09. The van der Waals surface area contributed by atoms with Gasteiger partial charge in [0.05, 0.1) is 23.5 Å². The summed E-state index contributed by atoms with van der Waals surface area (Å²) in [5.74, 6) is 0.0304. The van der Waals surface area contributed by atoms with E-state index >= 15 is 0 Å². The number of carbonyl (C=O) groups excluding carboxylic acids is 1. The first-order valence-corrected chi connectivity index (χ1v) is 9.91. The third-order valence-corrected chi connectivity index (χ3v) is 5.45. The molecule has 0 aromatic carbocycles. The molecule has 3 heterocycles. The number of pyridine rings is 2. The van der Waals surface area contributed by atoms with Crippen molar-refractivity contribution in [2.75, 3.05) is 13.1 Å². The Morgan fingerprint density at radius 3 is 2.11 bits per heavy atom. The molecule has 5 nitrogen and oxygen atoms in total. The fraction of sp³-hybridized carbons (Fsp3) is 0.500. The summed E-state index contributed by atoms with van der Waals surface area (Å²) < 4.78 is 0. The van der Waals surface area contributed by atoms with Crippen LogP contribution >= 0.6 is 0 Å². The molecular weight excluding hydrogens is 336 g/mol. The molecule has 0 bridgehead atoms. The second-order valence-corrected chi connectivity index (χ2v) is 7.45. The predicted octanol–water partition coefficient (Wildman–Crippen LogP) is 3.89. The first-order valence-electron chi connectivity index (χ1n) is 9.91. The quantitative estimate of drug-likeness (QED) is 0.788. The van der Waals surface area contributed by atoms with Crippen LogP contribution in [0.1, 0.15) is 67.2 Å². The molecule has 0 aliphatic carbocycles. The van der Waals surface area contributed by atoms with Crippen LogP contribution in [0, 0.1) is 13.8 Å². The number of amides is 1. The van der Waals surface area contributed by atoms with E-state index in [4.69, 9.17) is 9.97 Å². The van der Waals surface area contributed by atoms with Crippen LogP contribution in [0.4, 0.5) is 0 Å². The third-order valence-electron chi connectivity index (χ3n) is 5.45. The van der Waals surface area contributed by atoms with E-state index in [-0.39, 0.29) is 5.91 Å². The molecule has 1 saturated heterocycles. The molecule has 0 unspecified atom stereocenters. The lowest BCUT2D eigenvalue weighted by Crippen LogP contribution is -2.39. The number of hydrogen-bond donors (Lipinski definition) is 1. The Morgan fingerprint density at radius 1 is 1.07 bits per heavy atom. The fourth-order valence-electron chi connectivity index (χ4n) is 4.17. The Kier molecular flexibility index (Phi) is 6.56. The third kappa shape index (κ3) is 4.72. The van der Waals surface area contributed by atoms with E-state index in [2.05, 4.69) is 36.2 Å². The Hall–Kier alpha value is -2.27. The smallest absolute Gasteiger partial charge is 0.216 e. The molecule has 5 heteroatoms. The summed E-state index contributed by atoms with van der Waals surface area (Å²) in [4.78, 5) is 23.2. The zero-order chi connectivity index (χ0) is 19.2. The Bertz CT molecular complexity index is 723. The highest BCUT2D eigenvalue weighted by Crippen LogP contribution is 2.41. The van der Waals surface area contributed by atoms with Gasteiger partial charge in [-0.1, -0.05) is 12.1 Å². The van der Waals surface area contributed by atoms with Crippen LogP contribution in [0.5, 0.6) is 0 Å². The summed E-state index contributed by atoms with van der Waals surface area (Å²) in [7, 11) is 0. The van der Waals surface area contributed by atoms with E-state index in [1.54, 1.807) is 6.92 Å². The summed E-state index contributed by atoms with van der Waals surface area (Å²) in [6.07, 6.45) is 8.11. The van der Waals surface area contributed by atoms with Gasteiger partial charge in [-0.3, -0.25) is 19.7 Å². The molecule has 1 aliphatic rings. The van der Waals surface area contributed by atoms with Gasteiger partial charge in [-0.15, -0.1) is 0 Å². The van der Waals surface area contributed by atoms with Crippen molar-refractivity contribution in [3.8, 4) is 0 Å². The lowest BCUT2D eigenvalue weighted by molar-refractivity contribution is -0.118. The molecule has 0 radical (unpaired) electrons. The van der Waals surface area contributed by atoms with Crippen LogP contribution in [0.3, 0.4) is 0 Å². The van der Waals surface area contributed by atoms with Gasteiger partial charge < -0.3 is 5.32 Å². The van der Waals surface area contributed by atoms with Gasteiger partial charge in [-0.2, -0.15) is 0 Å². The molecular formula is C22H30N4O. The van der Waals surface area contributed by atoms with Gasteiger partial charge in [-0.05, 0) is 62.8 Å². The maximum Gasteiger partial charge on any atom is 0.216 e. The van der Waals surface area contributed by atoms with Gasteiger partial charge >= 0.3 is 0 Å². The molecule has 2 atom stereocenters. The summed E-state index contributed by atoms with van der Waals surface area (Å²) >= 11 is 0. The van der Waals surface area contributed by atoms with Gasteiger partial charge in [0, 0.05) is 32.4 Å². The molecule has 3 rings (SSSR count). The lowest BCUT2D eigenvalue weighted by Gasteiger charge is -2.42. The number of aryl methyl sites for hydroxylation is 2. The van der Waals surface area contributed by atoms with Crippen LogP contribution in [0.25, 0.3) is 0 Å². The van der Waals surface area contributed by atoms with Gasteiger partial charge in [0.25, 0.3) is 0 Å². The highest BCUT2D eigenvalue weighted by molar-refractivity contribution is 5.72. The van der Waals surface area contributed by atoms with Crippen LogP contribution in [-0.2, 0) is 4.79 Å². The highest BCUT2D eigenvalue weighted by atomic mass is 16.1. The molecule has 1 amide bonds. The minimum Gasteiger partial charge on any atom is -0.356 e. The van der Waals surface area contributed by atoms with Crippen LogP contribution in [-0.4, -0.2) is 33.9 Å². The Labute approximate surface area is 162 Å². The molecule has 1 N–H and O–H groups in total. The SMILES string of the molecule is CC(=O)NCCCN1[C@@H](c2ncccc2C)CCC[C@H]1c1ncccc1C. The molecule has 0 spiro atoms. The summed E-state index contributed by atoms with van der Waals surface area (Å²) in [6, 6.07) is 8.89. The van der Waals surface area contributed by atoms with Crippen LogP contribution in [0.15, 0.2) is 36.7 Å². The highest BCUT2D eigenvalue weighted by Gasteiger charge is 2.34. The largest absolute Gasteiger partial charge is 0.356 e. The number of nitrogens with one attached hydrogen (secondary N) is 1. The van der Waals surface area contributed by atoms with Crippen molar-refractivity contribution in [1.29, 1.82) is 0 Å². The van der Waals surface area contributed by atoms with E-state index in [0.29, 0.717) is 18.6 Å². The average Bonchev–Trinajstić information content (AvgIpc) is 2.66. The van der Waals surface area contributed by atoms with E-state index in [0.717, 1.165) is 25.8 Å². The number of rotatable bonds is 6. The number of likely N-dealkylation sites (tertiary alicyclic amines) is 1. The first-order chi connectivity index (χ1) is 13.1. The molecule has 27 heavy (non-hydrogen) atoms. The zero-order valence-corrected chi connectivity index (χ0v) is 16.6. The lowest BCUT2D eigenvalue weighted by atomic mass is 9.88. The molecule has 1 fully saturated rings. The Morgan fingerprint density at radius 2 is 1.63 bits per heavy atom. The van der Waals surface area contributed by atoms with E-state index in [1.165, 1.54) is 28.9 Å². The average molecular weight is 367 g/mol. The second-order valence-electron chi connectivity index (χ2n) is 7.45. The van der Waals surface area contributed by atoms with Crippen LogP contribution in [0.2, 0.25) is 0 Å². The van der Waals surface area contributed by atoms with Crippen molar-refractivity contribution in [2.45, 2.75) is 58.5 Å². The van der Waals surface area contributed by atoms with Crippen molar-refractivity contribution in [3.05, 3.63) is 59.2 Å². The van der Waals surface area contributed by atoms with Crippen molar-refractivity contribution in [3.63, 3.8) is 0 Å². The number of hydrogen-bond acceptors (Lipinski definition) is 4. The van der Waals surface area contributed by atoms with Crippen molar-refractivity contribution in [1.82, 2.24) is 20.2 Å². The van der Waals surface area contributed by atoms with Crippen molar-refractivity contribution < 1.29 is 4.79 Å². The van der Waals surface area contributed by atoms with Gasteiger partial charge in [-0.25, -0.2) is 0 Å². The summed E-state index contributed by atoms with van der Waals surface area (Å²) in [6.45, 7) is 7.48. The fourth-order valence-corrected chi connectivity index (χ4v) is 4.17. The van der Waals surface area contributed by atoms with Gasteiger partial charge in [0.2, 0.25) is 5.91 Å². The number of piperidine rings is 1. The van der Waals surface area contributed by atoms with Crippen molar-refractivity contribution in [2.24, 2.45) is 0 Å². The van der Waals surface area contributed by atoms with Crippen molar-refractivity contribution >= 4 is 5.91 Å². The minimum absolute atomic E-state index is 0.0304. The molecule has 1 aliphatic heterocycles. The van der Waals surface area contributed by atoms with E-state index in [1.807, 2.05) is 24.5 Å². The van der Waals surface area contributed by atoms with Gasteiger partial charge in [0.15, 0.2) is 0 Å². The summed E-state index contributed by atoms with van der Waals surface area (Å²) in [5, 5.41) is 2.92. The number of aromatic nitrogens is 2. The first kappa shape index (κ1) is 19.5. The molecule has 144 valence electrons. The molecule has 2 aromatic heterocycles. The maximum absolute atomic E-state index is 11.2. The number of nitrogens with zero attached hydrogens (tertiary/aromatic N) is 3. The standard InChI is InChI=1S/C22H30N4O/c1-16-8-5-12-24-21(16)19-10-4-11-20(22-17(2)9-6-13-25-22)26(19)15-7-14-23-18(3)27/h5-6,8-9,12-13,19-20H,4,7,10-11,14-15H2,1-3H3,(H,23,27)/t19-,20+. The van der Waals surface area contributed by atoms with E-state index < -0.39 is 0 Å². The monoisotopic (exact) mass is 366 g/mol. The summed E-state index contributed by atoms with van der Waals surface area (Å²) in [5.41, 5.74) is 4.84.